The Balaban J connectivity index is 1.56. The number of carbonyl (C=O) groups is 2. The average Bonchev–Trinajstić information content (AvgIpc) is 3.12. The highest BCUT2D eigenvalue weighted by Gasteiger charge is 2.12. The number of anilines is 2. The van der Waals surface area contributed by atoms with E-state index in [4.69, 9.17) is 0 Å². The zero-order valence-corrected chi connectivity index (χ0v) is 17.1. The number of fused-ring (bicyclic) bond motifs is 1. The first-order chi connectivity index (χ1) is 14.4. The molecule has 0 saturated carbocycles. The molecule has 2 amide bonds. The van der Waals surface area contributed by atoms with Crippen molar-refractivity contribution >= 4 is 34.2 Å². The molecule has 0 aliphatic heterocycles. The minimum absolute atomic E-state index is 0.139. The van der Waals surface area contributed by atoms with Crippen LogP contribution in [0.15, 0.2) is 67.0 Å². The third-order valence-electron chi connectivity index (χ3n) is 4.88. The summed E-state index contributed by atoms with van der Waals surface area (Å²) in [5.41, 5.74) is 7.00. The number of nitrogens with zero attached hydrogens (tertiary/aromatic N) is 2. The van der Waals surface area contributed by atoms with Crippen LogP contribution >= 0.6 is 0 Å². The molecule has 6 heteroatoms. The number of nitrogens with one attached hydrogen (secondary N) is 2. The van der Waals surface area contributed by atoms with Crippen LogP contribution in [0.1, 0.15) is 28.4 Å². The molecule has 0 aliphatic rings. The van der Waals surface area contributed by atoms with Gasteiger partial charge in [-0.25, -0.2) is 4.98 Å². The molecule has 2 N–H and O–H groups in total. The lowest BCUT2D eigenvalue weighted by molar-refractivity contribution is -0.114. The molecule has 0 aliphatic carbocycles. The molecule has 3 aromatic carbocycles. The minimum atomic E-state index is -0.217. The molecule has 0 radical (unpaired) electrons. The van der Waals surface area contributed by atoms with Gasteiger partial charge >= 0.3 is 0 Å². The Morgan fingerprint density at radius 3 is 2.23 bits per heavy atom. The van der Waals surface area contributed by atoms with Gasteiger partial charge in [-0.1, -0.05) is 17.7 Å². The van der Waals surface area contributed by atoms with E-state index < -0.39 is 0 Å². The molecule has 0 unspecified atom stereocenters. The summed E-state index contributed by atoms with van der Waals surface area (Å²) in [7, 11) is 0. The summed E-state index contributed by atoms with van der Waals surface area (Å²) < 4.78 is 2.03. The largest absolute Gasteiger partial charge is 0.326 e. The quantitative estimate of drug-likeness (QED) is 0.516. The van der Waals surface area contributed by atoms with E-state index in [1.54, 1.807) is 42.7 Å². The van der Waals surface area contributed by atoms with Crippen molar-refractivity contribution in [3.05, 3.63) is 83.7 Å². The maximum Gasteiger partial charge on any atom is 0.255 e. The molecular formula is C24H22N4O2. The first kappa shape index (κ1) is 19.4. The molecule has 0 spiro atoms. The summed E-state index contributed by atoms with van der Waals surface area (Å²) in [5, 5.41) is 5.57. The summed E-state index contributed by atoms with van der Waals surface area (Å²) in [6, 6.07) is 18.8. The minimum Gasteiger partial charge on any atom is -0.326 e. The topological polar surface area (TPSA) is 76.0 Å². The predicted molar refractivity (Wildman–Crippen MR) is 119 cm³/mol. The Labute approximate surface area is 174 Å². The van der Waals surface area contributed by atoms with Gasteiger partial charge in [-0.15, -0.1) is 0 Å². The normalized spacial score (nSPS) is 10.8. The van der Waals surface area contributed by atoms with Gasteiger partial charge in [-0.05, 0) is 67.9 Å². The van der Waals surface area contributed by atoms with Gasteiger partial charge in [0.1, 0.15) is 6.33 Å². The second-order valence-corrected chi connectivity index (χ2v) is 7.32. The van der Waals surface area contributed by atoms with Crippen molar-refractivity contribution in [1.29, 1.82) is 0 Å². The zero-order chi connectivity index (χ0) is 21.3. The first-order valence-corrected chi connectivity index (χ1v) is 9.64. The highest BCUT2D eigenvalue weighted by molar-refractivity contribution is 6.06. The molecule has 4 rings (SSSR count). The molecule has 30 heavy (non-hydrogen) atoms. The number of rotatable bonds is 4. The fraction of sp³-hybridized carbons (Fsp3) is 0.125. The lowest BCUT2D eigenvalue weighted by Crippen LogP contribution is -2.12. The number of carbonyl (C=O) groups excluding carboxylic acids is 2. The van der Waals surface area contributed by atoms with Crippen molar-refractivity contribution in [3.8, 4) is 5.69 Å². The monoisotopic (exact) mass is 398 g/mol. The second kappa shape index (κ2) is 7.83. The number of aryl methyl sites for hydroxylation is 2. The van der Waals surface area contributed by atoms with E-state index in [0.717, 1.165) is 16.7 Å². The number of imidazole rings is 1. The Morgan fingerprint density at radius 1 is 0.867 bits per heavy atom. The molecule has 1 aromatic heterocycles. The molecule has 0 atom stereocenters. The first-order valence-electron chi connectivity index (χ1n) is 9.64. The third kappa shape index (κ3) is 3.93. The molecule has 0 fully saturated rings. The van der Waals surface area contributed by atoms with Crippen LogP contribution < -0.4 is 10.6 Å². The number of benzene rings is 3. The maximum atomic E-state index is 12.7. The Morgan fingerprint density at radius 2 is 1.57 bits per heavy atom. The summed E-state index contributed by atoms with van der Waals surface area (Å²) in [5.74, 6) is -0.356. The van der Waals surface area contributed by atoms with E-state index in [9.17, 15) is 9.59 Å². The lowest BCUT2D eigenvalue weighted by atomic mass is 10.1. The van der Waals surface area contributed by atoms with Crippen molar-refractivity contribution in [2.45, 2.75) is 20.8 Å². The highest BCUT2D eigenvalue weighted by Crippen LogP contribution is 2.23. The summed E-state index contributed by atoms with van der Waals surface area (Å²) in [4.78, 5) is 28.3. The maximum absolute atomic E-state index is 12.7. The average molecular weight is 398 g/mol. The zero-order valence-electron chi connectivity index (χ0n) is 17.1. The predicted octanol–water partition coefficient (Wildman–Crippen LogP) is 4.85. The van der Waals surface area contributed by atoms with Crippen molar-refractivity contribution in [1.82, 2.24) is 9.55 Å². The standard InChI is InChI=1S/C24H22N4O2/c1-15-4-10-22(16(2)12-15)28-14-25-21-13-18(5-11-23(21)28)24(30)27-20-8-6-19(7-9-20)26-17(3)29/h4-14H,1-3H3,(H,26,29)(H,27,30). The highest BCUT2D eigenvalue weighted by atomic mass is 16.2. The molecule has 4 aromatic rings. The van der Waals surface area contributed by atoms with E-state index in [0.29, 0.717) is 16.9 Å². The summed E-state index contributed by atoms with van der Waals surface area (Å²) in [6.07, 6.45) is 1.78. The van der Waals surface area contributed by atoms with Gasteiger partial charge in [0.2, 0.25) is 5.91 Å². The number of aromatic nitrogens is 2. The number of amides is 2. The van der Waals surface area contributed by atoms with Crippen LogP contribution in [0.25, 0.3) is 16.7 Å². The molecule has 6 nitrogen and oxygen atoms in total. The van der Waals surface area contributed by atoms with E-state index in [2.05, 4.69) is 47.7 Å². The van der Waals surface area contributed by atoms with Gasteiger partial charge in [-0.3, -0.25) is 14.2 Å². The van der Waals surface area contributed by atoms with Crippen molar-refractivity contribution < 1.29 is 9.59 Å². The summed E-state index contributed by atoms with van der Waals surface area (Å²) >= 11 is 0. The molecule has 0 saturated heterocycles. The fourth-order valence-electron chi connectivity index (χ4n) is 3.46. The Kier molecular flexibility index (Phi) is 5.06. The van der Waals surface area contributed by atoms with Crippen molar-refractivity contribution in [3.63, 3.8) is 0 Å². The van der Waals surface area contributed by atoms with E-state index in [1.807, 2.05) is 10.6 Å². The van der Waals surface area contributed by atoms with Crippen LogP contribution in [-0.2, 0) is 4.79 Å². The van der Waals surface area contributed by atoms with Crippen LogP contribution in [0.5, 0.6) is 0 Å². The van der Waals surface area contributed by atoms with Crippen molar-refractivity contribution in [2.75, 3.05) is 10.6 Å². The van der Waals surface area contributed by atoms with Crippen LogP contribution in [0.3, 0.4) is 0 Å². The fourth-order valence-corrected chi connectivity index (χ4v) is 3.46. The van der Waals surface area contributed by atoms with Gasteiger partial charge in [0.15, 0.2) is 0 Å². The Bertz CT molecular complexity index is 1260. The van der Waals surface area contributed by atoms with Crippen LogP contribution in [0, 0.1) is 13.8 Å². The van der Waals surface area contributed by atoms with Gasteiger partial charge < -0.3 is 10.6 Å². The molecular weight excluding hydrogens is 376 g/mol. The molecule has 1 heterocycles. The molecule has 150 valence electrons. The smallest absolute Gasteiger partial charge is 0.255 e. The summed E-state index contributed by atoms with van der Waals surface area (Å²) in [6.45, 7) is 5.60. The van der Waals surface area contributed by atoms with Crippen LogP contribution in [-0.4, -0.2) is 21.4 Å². The lowest BCUT2D eigenvalue weighted by Gasteiger charge is -2.10. The number of hydrogen-bond donors (Lipinski definition) is 2. The van der Waals surface area contributed by atoms with Gasteiger partial charge in [-0.2, -0.15) is 0 Å². The molecule has 0 bridgehead atoms. The number of hydrogen-bond acceptors (Lipinski definition) is 3. The van der Waals surface area contributed by atoms with E-state index >= 15 is 0 Å². The van der Waals surface area contributed by atoms with E-state index in [1.165, 1.54) is 18.1 Å². The van der Waals surface area contributed by atoms with Crippen LogP contribution in [0.2, 0.25) is 0 Å². The van der Waals surface area contributed by atoms with Crippen LogP contribution in [0.4, 0.5) is 11.4 Å². The van der Waals surface area contributed by atoms with Gasteiger partial charge in [0.25, 0.3) is 5.91 Å². The SMILES string of the molecule is CC(=O)Nc1ccc(NC(=O)c2ccc3c(c2)ncn3-c2ccc(C)cc2C)cc1. The second-order valence-electron chi connectivity index (χ2n) is 7.32. The van der Waals surface area contributed by atoms with Crippen molar-refractivity contribution in [2.24, 2.45) is 0 Å². The van der Waals surface area contributed by atoms with E-state index in [-0.39, 0.29) is 11.8 Å². The van der Waals surface area contributed by atoms with Gasteiger partial charge in [0, 0.05) is 23.9 Å². The van der Waals surface area contributed by atoms with Gasteiger partial charge in [0.05, 0.1) is 16.7 Å². The third-order valence-corrected chi connectivity index (χ3v) is 4.88. The Hall–Kier alpha value is -3.93.